The molecule has 0 atom stereocenters. The van der Waals surface area contributed by atoms with Crippen molar-refractivity contribution in [3.8, 4) is 34.5 Å². The van der Waals surface area contributed by atoms with Crippen molar-refractivity contribution in [2.24, 2.45) is 5.92 Å². The van der Waals surface area contributed by atoms with Crippen molar-refractivity contribution in [1.82, 2.24) is 15.1 Å². The van der Waals surface area contributed by atoms with E-state index in [-0.39, 0.29) is 24.0 Å². The number of halogens is 2. The molecule has 2 aromatic heterocycles. The van der Waals surface area contributed by atoms with Crippen molar-refractivity contribution in [2.75, 3.05) is 0 Å². The van der Waals surface area contributed by atoms with Crippen LogP contribution in [0.25, 0.3) is 22.8 Å². The van der Waals surface area contributed by atoms with E-state index in [2.05, 4.69) is 15.1 Å². The second-order valence-electron chi connectivity index (χ2n) is 7.49. The van der Waals surface area contributed by atoms with Gasteiger partial charge in [-0.05, 0) is 51.0 Å². The normalized spacial score (nSPS) is 18.0. The van der Waals surface area contributed by atoms with Gasteiger partial charge < -0.3 is 19.1 Å². The third-order valence-electron chi connectivity index (χ3n) is 4.76. The maximum atomic E-state index is 10.9. The minimum atomic E-state index is -0.792. The van der Waals surface area contributed by atoms with Crippen LogP contribution in [0.15, 0.2) is 35.0 Å². The van der Waals surface area contributed by atoms with Crippen molar-refractivity contribution in [3.63, 3.8) is 0 Å². The smallest absolute Gasteiger partial charge is 0.306 e. The molecule has 1 fully saturated rings. The predicted molar refractivity (Wildman–Crippen MR) is 114 cm³/mol. The highest BCUT2D eigenvalue weighted by molar-refractivity contribution is 6.33. The molecule has 0 amide bonds. The molecule has 10 heteroatoms. The van der Waals surface area contributed by atoms with Crippen molar-refractivity contribution < 1.29 is 23.9 Å². The number of nitrogens with zero attached hydrogens (tertiary/aromatic N) is 3. The zero-order valence-electron chi connectivity index (χ0n) is 16.7. The van der Waals surface area contributed by atoms with Crippen molar-refractivity contribution in [2.45, 2.75) is 38.9 Å². The van der Waals surface area contributed by atoms with E-state index in [1.54, 1.807) is 30.5 Å². The summed E-state index contributed by atoms with van der Waals surface area (Å²) in [5.41, 5.74) is 1.12. The monoisotopic (exact) mass is 463 g/mol. The summed E-state index contributed by atoms with van der Waals surface area (Å²) < 4.78 is 16.7. The van der Waals surface area contributed by atoms with E-state index < -0.39 is 5.97 Å². The third kappa shape index (κ3) is 4.75. The maximum absolute atomic E-state index is 10.9. The number of aromatic nitrogens is 3. The Kier molecular flexibility index (Phi) is 6.02. The van der Waals surface area contributed by atoms with Crippen LogP contribution in [0.4, 0.5) is 0 Å². The molecule has 0 bridgehead atoms. The van der Waals surface area contributed by atoms with Crippen LogP contribution < -0.4 is 9.47 Å². The molecule has 1 aliphatic carbocycles. The van der Waals surface area contributed by atoms with Gasteiger partial charge in [0.15, 0.2) is 0 Å². The topological polar surface area (TPSA) is 108 Å². The Labute approximate surface area is 188 Å². The summed E-state index contributed by atoms with van der Waals surface area (Å²) in [7, 11) is 0. The van der Waals surface area contributed by atoms with Crippen LogP contribution in [0.1, 0.15) is 26.7 Å². The molecule has 2 heterocycles. The number of benzene rings is 1. The lowest BCUT2D eigenvalue weighted by molar-refractivity contribution is -0.147. The van der Waals surface area contributed by atoms with E-state index in [0.29, 0.717) is 51.5 Å². The number of aliphatic carboxylic acids is 1. The summed E-state index contributed by atoms with van der Waals surface area (Å²) in [6.07, 6.45) is 2.34. The second kappa shape index (κ2) is 8.72. The highest BCUT2D eigenvalue weighted by atomic mass is 35.5. The molecule has 31 heavy (non-hydrogen) atoms. The van der Waals surface area contributed by atoms with Gasteiger partial charge in [0.2, 0.25) is 11.7 Å². The molecule has 0 spiro atoms. The minimum Gasteiger partial charge on any atom is -0.490 e. The Bertz CT molecular complexity index is 1110. The standard InChI is InChI=1S/C21H19Cl2N3O5/c1-10(2)29-20-17(23)7-12(9-24-20)19-25-18(26-31-19)15-4-3-13(8-16(15)22)30-14-5-11(6-14)21(27)28/h3-4,7-11,14H,5-6H2,1-2H3,(H,27,28)/t11-,14-. The number of hydrogen-bond donors (Lipinski definition) is 1. The fraction of sp³-hybridized carbons (Fsp3) is 0.333. The van der Waals surface area contributed by atoms with E-state index in [0.717, 1.165) is 0 Å². The molecule has 3 aromatic rings. The Morgan fingerprint density at radius 2 is 2.00 bits per heavy atom. The van der Waals surface area contributed by atoms with Crippen LogP contribution in [0.3, 0.4) is 0 Å². The van der Waals surface area contributed by atoms with Gasteiger partial charge in [-0.1, -0.05) is 28.4 Å². The fourth-order valence-corrected chi connectivity index (χ4v) is 3.57. The van der Waals surface area contributed by atoms with Crippen molar-refractivity contribution in [3.05, 3.63) is 40.5 Å². The Morgan fingerprint density at radius 1 is 1.23 bits per heavy atom. The summed E-state index contributed by atoms with van der Waals surface area (Å²) in [6.45, 7) is 3.77. The second-order valence-corrected chi connectivity index (χ2v) is 8.30. The summed E-state index contributed by atoms with van der Waals surface area (Å²) in [6, 6.07) is 6.76. The Hall–Kier alpha value is -2.84. The molecule has 0 radical (unpaired) electrons. The van der Waals surface area contributed by atoms with Crippen LogP contribution in [0.5, 0.6) is 11.6 Å². The number of rotatable bonds is 7. The largest absolute Gasteiger partial charge is 0.490 e. The molecule has 1 aromatic carbocycles. The molecule has 0 unspecified atom stereocenters. The van der Waals surface area contributed by atoms with E-state index in [4.69, 9.17) is 42.3 Å². The van der Waals surface area contributed by atoms with Crippen LogP contribution in [-0.4, -0.2) is 38.4 Å². The first-order valence-corrected chi connectivity index (χ1v) is 10.4. The molecule has 0 saturated heterocycles. The molecule has 1 saturated carbocycles. The minimum absolute atomic E-state index is 0.0529. The lowest BCUT2D eigenvalue weighted by atomic mass is 9.82. The van der Waals surface area contributed by atoms with E-state index in [1.165, 1.54) is 0 Å². The lowest BCUT2D eigenvalue weighted by Crippen LogP contribution is -2.38. The molecular weight excluding hydrogens is 445 g/mol. The molecule has 162 valence electrons. The molecule has 1 N–H and O–H groups in total. The van der Waals surface area contributed by atoms with Gasteiger partial charge in [-0.2, -0.15) is 4.98 Å². The molecule has 0 aliphatic heterocycles. The zero-order chi connectivity index (χ0) is 22.1. The van der Waals surface area contributed by atoms with Crippen molar-refractivity contribution >= 4 is 29.2 Å². The average molecular weight is 464 g/mol. The lowest BCUT2D eigenvalue weighted by Gasteiger charge is -2.32. The molecule has 1 aliphatic rings. The quantitative estimate of drug-likeness (QED) is 0.513. The summed E-state index contributed by atoms with van der Waals surface area (Å²) >= 11 is 12.6. The first-order chi connectivity index (χ1) is 14.8. The molecular formula is C21H19Cl2N3O5. The SMILES string of the molecule is CC(C)Oc1ncc(-c2nc(-c3ccc(O[C@H]4C[C@H](C(=O)O)C4)cc3Cl)no2)cc1Cl. The number of carboxylic acids is 1. The number of carbonyl (C=O) groups is 1. The van der Waals surface area contributed by atoms with E-state index >= 15 is 0 Å². The van der Waals surface area contributed by atoms with E-state index in [9.17, 15) is 4.79 Å². The Balaban J connectivity index is 1.48. The maximum Gasteiger partial charge on any atom is 0.306 e. The van der Waals surface area contributed by atoms with Gasteiger partial charge in [-0.3, -0.25) is 4.79 Å². The third-order valence-corrected chi connectivity index (χ3v) is 5.34. The van der Waals surface area contributed by atoms with E-state index in [1.807, 2.05) is 13.8 Å². The molecule has 4 rings (SSSR count). The first-order valence-electron chi connectivity index (χ1n) is 9.66. The van der Waals surface area contributed by atoms with Gasteiger partial charge in [0.05, 0.1) is 22.6 Å². The average Bonchev–Trinajstić information content (AvgIpc) is 3.15. The van der Waals surface area contributed by atoms with Gasteiger partial charge in [-0.25, -0.2) is 4.98 Å². The van der Waals surface area contributed by atoms with Gasteiger partial charge in [-0.15, -0.1) is 0 Å². The van der Waals surface area contributed by atoms with Gasteiger partial charge in [0.1, 0.15) is 16.9 Å². The highest BCUT2D eigenvalue weighted by Gasteiger charge is 2.36. The summed E-state index contributed by atoms with van der Waals surface area (Å²) in [5.74, 6) is 0.306. The zero-order valence-corrected chi connectivity index (χ0v) is 18.2. The fourth-order valence-electron chi connectivity index (χ4n) is 3.11. The van der Waals surface area contributed by atoms with Gasteiger partial charge >= 0.3 is 5.97 Å². The Morgan fingerprint density at radius 3 is 2.65 bits per heavy atom. The molecule has 8 nitrogen and oxygen atoms in total. The van der Waals surface area contributed by atoms with Crippen LogP contribution in [0.2, 0.25) is 10.0 Å². The number of ether oxygens (including phenoxy) is 2. The van der Waals surface area contributed by atoms with Gasteiger partial charge in [0, 0.05) is 11.8 Å². The predicted octanol–water partition coefficient (Wildman–Crippen LogP) is 5.13. The summed E-state index contributed by atoms with van der Waals surface area (Å²) in [5, 5.41) is 13.7. The highest BCUT2D eigenvalue weighted by Crippen LogP contribution is 2.35. The number of carboxylic acid groups (broad SMARTS) is 1. The van der Waals surface area contributed by atoms with Gasteiger partial charge in [0.25, 0.3) is 5.89 Å². The first kappa shape index (κ1) is 21.4. The number of hydrogen-bond acceptors (Lipinski definition) is 7. The number of pyridine rings is 1. The van der Waals surface area contributed by atoms with Crippen LogP contribution in [-0.2, 0) is 4.79 Å². The van der Waals surface area contributed by atoms with Crippen LogP contribution >= 0.6 is 23.2 Å². The van der Waals surface area contributed by atoms with Crippen LogP contribution in [0, 0.1) is 5.92 Å². The van der Waals surface area contributed by atoms with Crippen molar-refractivity contribution in [1.29, 1.82) is 0 Å². The summed E-state index contributed by atoms with van der Waals surface area (Å²) in [4.78, 5) is 19.5.